The number of nitrogens with zero attached hydrogens (tertiary/aromatic N) is 4. The second-order valence-electron chi connectivity index (χ2n) is 3.69. The van der Waals surface area contributed by atoms with Crippen LogP contribution >= 0.6 is 0 Å². The predicted octanol–water partition coefficient (Wildman–Crippen LogP) is 2.43. The van der Waals surface area contributed by atoms with Crippen molar-refractivity contribution < 1.29 is 4.39 Å². The lowest BCUT2D eigenvalue weighted by Gasteiger charge is -2.03. The zero-order valence-electron chi connectivity index (χ0n) is 9.21. The molecule has 0 fully saturated rings. The third-order valence-electron chi connectivity index (χ3n) is 2.63. The minimum Gasteiger partial charge on any atom is -0.251 e. The van der Waals surface area contributed by atoms with Crippen molar-refractivity contribution in [3.05, 3.63) is 54.2 Å². The number of rotatable bonds is 1. The van der Waals surface area contributed by atoms with Gasteiger partial charge in [-0.25, -0.2) is 9.97 Å². The zero-order chi connectivity index (χ0) is 12.5. The first-order chi connectivity index (χ1) is 8.81. The standard InChI is InChI=1S/C13H7FN4/c14-13-17-10-5-3-4-9(8-15)12(10)18(13)11-6-1-2-7-16-11/h1-7H. The fraction of sp³-hybridized carbons (Fsp3) is 0. The molecule has 0 aliphatic heterocycles. The number of halogens is 1. The Morgan fingerprint density at radius 3 is 2.78 bits per heavy atom. The summed E-state index contributed by atoms with van der Waals surface area (Å²) in [5, 5.41) is 9.08. The predicted molar refractivity (Wildman–Crippen MR) is 63.5 cm³/mol. The number of fused-ring (bicyclic) bond motifs is 1. The van der Waals surface area contributed by atoms with Gasteiger partial charge in [-0.3, -0.25) is 4.57 Å². The number of aromatic nitrogens is 3. The van der Waals surface area contributed by atoms with Crippen molar-refractivity contribution in [2.24, 2.45) is 0 Å². The molecular weight excluding hydrogens is 231 g/mol. The summed E-state index contributed by atoms with van der Waals surface area (Å²) >= 11 is 0. The highest BCUT2D eigenvalue weighted by Gasteiger charge is 2.15. The smallest absolute Gasteiger partial charge is 0.251 e. The largest absolute Gasteiger partial charge is 0.296 e. The summed E-state index contributed by atoms with van der Waals surface area (Å²) in [6.07, 6.45) is 0.890. The minimum atomic E-state index is -0.675. The molecule has 5 heteroatoms. The fourth-order valence-corrected chi connectivity index (χ4v) is 1.88. The van der Waals surface area contributed by atoms with E-state index in [0.717, 1.165) is 0 Å². The van der Waals surface area contributed by atoms with Crippen LogP contribution < -0.4 is 0 Å². The van der Waals surface area contributed by atoms with E-state index in [1.165, 1.54) is 4.57 Å². The molecule has 0 saturated carbocycles. The van der Waals surface area contributed by atoms with E-state index in [2.05, 4.69) is 9.97 Å². The Morgan fingerprint density at radius 1 is 1.17 bits per heavy atom. The number of hydrogen-bond acceptors (Lipinski definition) is 3. The molecule has 2 aromatic heterocycles. The number of nitriles is 1. The molecule has 0 atom stereocenters. The van der Waals surface area contributed by atoms with Gasteiger partial charge in [-0.2, -0.15) is 9.65 Å². The topological polar surface area (TPSA) is 54.5 Å². The fourth-order valence-electron chi connectivity index (χ4n) is 1.88. The van der Waals surface area contributed by atoms with Crippen LogP contribution in [0.15, 0.2) is 42.6 Å². The van der Waals surface area contributed by atoms with E-state index in [4.69, 9.17) is 5.26 Å². The van der Waals surface area contributed by atoms with Gasteiger partial charge in [0.1, 0.15) is 11.9 Å². The monoisotopic (exact) mass is 238 g/mol. The van der Waals surface area contributed by atoms with E-state index >= 15 is 0 Å². The first kappa shape index (κ1) is 10.4. The van der Waals surface area contributed by atoms with Crippen molar-refractivity contribution in [2.75, 3.05) is 0 Å². The van der Waals surface area contributed by atoms with Crippen molar-refractivity contribution in [3.63, 3.8) is 0 Å². The lowest BCUT2D eigenvalue weighted by Crippen LogP contribution is -2.01. The molecule has 3 rings (SSSR count). The number of imidazole rings is 1. The van der Waals surface area contributed by atoms with E-state index < -0.39 is 6.08 Å². The molecule has 0 spiro atoms. The first-order valence-electron chi connectivity index (χ1n) is 5.30. The van der Waals surface area contributed by atoms with Gasteiger partial charge in [-0.1, -0.05) is 12.1 Å². The molecular formula is C13H7FN4. The Morgan fingerprint density at radius 2 is 2.06 bits per heavy atom. The van der Waals surface area contributed by atoms with Crippen LogP contribution in [0.1, 0.15) is 5.56 Å². The molecule has 3 aromatic rings. The maximum atomic E-state index is 13.9. The van der Waals surface area contributed by atoms with Gasteiger partial charge in [0.2, 0.25) is 0 Å². The van der Waals surface area contributed by atoms with Crippen LogP contribution in [0.5, 0.6) is 0 Å². The van der Waals surface area contributed by atoms with Crippen molar-refractivity contribution in [2.45, 2.75) is 0 Å². The molecule has 0 amide bonds. The third kappa shape index (κ3) is 1.44. The molecule has 1 aromatic carbocycles. The highest BCUT2D eigenvalue weighted by Crippen LogP contribution is 2.22. The van der Waals surface area contributed by atoms with Crippen molar-refractivity contribution >= 4 is 11.0 Å². The van der Waals surface area contributed by atoms with Gasteiger partial charge in [-0.05, 0) is 24.3 Å². The Balaban J connectivity index is 2.43. The molecule has 18 heavy (non-hydrogen) atoms. The summed E-state index contributed by atoms with van der Waals surface area (Å²) in [4.78, 5) is 7.88. The average molecular weight is 238 g/mol. The molecule has 0 bridgehead atoms. The maximum absolute atomic E-state index is 13.9. The molecule has 2 heterocycles. The van der Waals surface area contributed by atoms with E-state index in [9.17, 15) is 4.39 Å². The Kier molecular flexibility index (Phi) is 2.27. The van der Waals surface area contributed by atoms with Crippen LogP contribution in [0.4, 0.5) is 4.39 Å². The van der Waals surface area contributed by atoms with Crippen LogP contribution in [0.3, 0.4) is 0 Å². The van der Waals surface area contributed by atoms with Crippen molar-refractivity contribution in [1.29, 1.82) is 5.26 Å². The van der Waals surface area contributed by atoms with E-state index in [-0.39, 0.29) is 0 Å². The SMILES string of the molecule is N#Cc1cccc2nc(F)n(-c3ccccn3)c12. The number of para-hydroxylation sites is 1. The normalized spacial score (nSPS) is 10.4. The van der Waals surface area contributed by atoms with Crippen LogP contribution in [0, 0.1) is 17.4 Å². The summed E-state index contributed by atoms with van der Waals surface area (Å²) in [7, 11) is 0. The van der Waals surface area contributed by atoms with Crippen LogP contribution in [-0.4, -0.2) is 14.5 Å². The summed E-state index contributed by atoms with van der Waals surface area (Å²) < 4.78 is 15.2. The zero-order valence-corrected chi connectivity index (χ0v) is 9.21. The highest BCUT2D eigenvalue weighted by molar-refractivity contribution is 5.83. The van der Waals surface area contributed by atoms with Gasteiger partial charge in [-0.15, -0.1) is 0 Å². The first-order valence-corrected chi connectivity index (χ1v) is 5.30. The second kappa shape index (κ2) is 3.93. The Bertz CT molecular complexity index is 756. The summed E-state index contributed by atoms with van der Waals surface area (Å²) in [6.45, 7) is 0. The average Bonchev–Trinajstić information content (AvgIpc) is 2.75. The lowest BCUT2D eigenvalue weighted by molar-refractivity contribution is 0.525. The number of hydrogen-bond donors (Lipinski definition) is 0. The molecule has 0 saturated heterocycles. The summed E-state index contributed by atoms with van der Waals surface area (Å²) in [5.41, 5.74) is 1.25. The van der Waals surface area contributed by atoms with Gasteiger partial charge in [0.15, 0.2) is 0 Å². The summed E-state index contributed by atoms with van der Waals surface area (Å²) in [5.74, 6) is 0.403. The lowest BCUT2D eigenvalue weighted by atomic mass is 10.2. The Labute approximate surface area is 102 Å². The third-order valence-corrected chi connectivity index (χ3v) is 2.63. The molecule has 0 radical (unpaired) electrons. The molecule has 0 aliphatic rings. The van der Waals surface area contributed by atoms with Crippen molar-refractivity contribution in [1.82, 2.24) is 14.5 Å². The molecule has 0 unspecified atom stereocenters. The Hall–Kier alpha value is -2.74. The second-order valence-corrected chi connectivity index (χ2v) is 3.69. The molecule has 0 N–H and O–H groups in total. The van der Waals surface area contributed by atoms with Gasteiger partial charge in [0.25, 0.3) is 6.08 Å². The van der Waals surface area contributed by atoms with Gasteiger partial charge in [0, 0.05) is 6.20 Å². The van der Waals surface area contributed by atoms with Crippen LogP contribution in [0.25, 0.3) is 16.9 Å². The highest BCUT2D eigenvalue weighted by atomic mass is 19.1. The number of pyridine rings is 1. The molecule has 4 nitrogen and oxygen atoms in total. The van der Waals surface area contributed by atoms with Crippen LogP contribution in [0.2, 0.25) is 0 Å². The summed E-state index contributed by atoms with van der Waals surface area (Å²) in [6, 6.07) is 12.2. The van der Waals surface area contributed by atoms with Gasteiger partial charge < -0.3 is 0 Å². The van der Waals surface area contributed by atoms with E-state index in [0.29, 0.717) is 22.4 Å². The molecule has 86 valence electrons. The molecule has 0 aliphatic carbocycles. The van der Waals surface area contributed by atoms with Gasteiger partial charge >= 0.3 is 0 Å². The van der Waals surface area contributed by atoms with Crippen molar-refractivity contribution in [3.8, 4) is 11.9 Å². The minimum absolute atomic E-state index is 0.370. The van der Waals surface area contributed by atoms with Gasteiger partial charge in [0.05, 0.1) is 16.6 Å². The quantitative estimate of drug-likeness (QED) is 0.654. The number of benzene rings is 1. The van der Waals surface area contributed by atoms with Crippen LogP contribution in [-0.2, 0) is 0 Å². The van der Waals surface area contributed by atoms with E-state index in [1.54, 1.807) is 42.6 Å². The van der Waals surface area contributed by atoms with E-state index in [1.807, 2.05) is 6.07 Å². The maximum Gasteiger partial charge on any atom is 0.296 e.